The fraction of sp³-hybridized carbons (Fsp3) is 0.500. The number of rotatable bonds is 10. The van der Waals surface area contributed by atoms with E-state index in [2.05, 4.69) is 22.0 Å². The lowest BCUT2D eigenvalue weighted by Gasteiger charge is -2.46. The Morgan fingerprint density at radius 3 is 2.94 bits per heavy atom. The number of aliphatic carboxylic acids is 1. The predicted octanol–water partition coefficient (Wildman–Crippen LogP) is 0.629. The molecular formula is C18H23N5O6S2. The van der Waals surface area contributed by atoms with Gasteiger partial charge in [0, 0.05) is 12.0 Å². The molecule has 1 aromatic heterocycles. The minimum atomic E-state index is -1.30. The van der Waals surface area contributed by atoms with E-state index in [4.69, 9.17) is 15.3 Å². The highest BCUT2D eigenvalue weighted by atomic mass is 32.2. The minimum Gasteiger partial charge on any atom is -0.477 e. The number of aromatic nitrogens is 1. The van der Waals surface area contributed by atoms with Crippen LogP contribution in [0, 0.1) is 0 Å². The van der Waals surface area contributed by atoms with Crippen molar-refractivity contribution >= 4 is 51.7 Å². The number of carbonyl (C=O) groups excluding carboxylic acids is 2. The minimum absolute atomic E-state index is 0.137. The van der Waals surface area contributed by atoms with Crippen LogP contribution in [-0.2, 0) is 24.0 Å². The van der Waals surface area contributed by atoms with Gasteiger partial charge in [0.25, 0.3) is 11.8 Å². The predicted molar refractivity (Wildman–Crippen MR) is 115 cm³/mol. The molecule has 2 saturated heterocycles. The molecule has 0 saturated carbocycles. The number of ether oxygens (including phenoxy) is 1. The van der Waals surface area contributed by atoms with Gasteiger partial charge >= 0.3 is 5.97 Å². The molecule has 11 nitrogen and oxygen atoms in total. The second kappa shape index (κ2) is 10.1. The SMILES string of the molecule is C=C(C(=O)O)N1C(=O)[C@@H](NC(=O)/C(=N\OC)c2csc(N)n2)[C@H]1SCC[C@@H]1CCCO1. The van der Waals surface area contributed by atoms with E-state index in [9.17, 15) is 19.5 Å². The summed E-state index contributed by atoms with van der Waals surface area (Å²) in [5.74, 6) is -1.93. The topological polar surface area (TPSA) is 156 Å². The van der Waals surface area contributed by atoms with Crippen molar-refractivity contribution < 1.29 is 29.1 Å². The van der Waals surface area contributed by atoms with Crippen LogP contribution < -0.4 is 11.1 Å². The Hall–Kier alpha value is -2.64. The van der Waals surface area contributed by atoms with Crippen molar-refractivity contribution in [2.75, 3.05) is 25.2 Å². The zero-order chi connectivity index (χ0) is 22.5. The number of likely N-dealkylation sites (tertiary alicyclic amines) is 1. The first-order valence-electron chi connectivity index (χ1n) is 9.45. The van der Waals surface area contributed by atoms with Crippen LogP contribution in [0.1, 0.15) is 25.0 Å². The average molecular weight is 470 g/mol. The van der Waals surface area contributed by atoms with Gasteiger partial charge in [0.15, 0.2) is 10.8 Å². The second-order valence-electron chi connectivity index (χ2n) is 6.79. The Labute approximate surface area is 186 Å². The van der Waals surface area contributed by atoms with Gasteiger partial charge < -0.3 is 25.7 Å². The third-order valence-electron chi connectivity index (χ3n) is 4.78. The molecule has 3 atom stereocenters. The highest BCUT2D eigenvalue weighted by Gasteiger charge is 2.51. The summed E-state index contributed by atoms with van der Waals surface area (Å²) in [5.41, 5.74) is 5.35. The molecule has 1 aromatic rings. The molecule has 13 heteroatoms. The number of anilines is 1. The van der Waals surface area contributed by atoms with Crippen LogP contribution >= 0.6 is 23.1 Å². The number of hydrogen-bond donors (Lipinski definition) is 3. The Balaban J connectivity index is 1.70. The van der Waals surface area contributed by atoms with Gasteiger partial charge in [-0.25, -0.2) is 9.78 Å². The highest BCUT2D eigenvalue weighted by molar-refractivity contribution is 8.00. The summed E-state index contributed by atoms with van der Waals surface area (Å²) >= 11 is 2.49. The number of nitrogen functional groups attached to an aromatic ring is 1. The highest BCUT2D eigenvalue weighted by Crippen LogP contribution is 2.34. The number of amides is 2. The quantitative estimate of drug-likeness (QED) is 0.193. The molecule has 0 aromatic carbocycles. The number of carboxylic acid groups (broad SMARTS) is 1. The monoisotopic (exact) mass is 469 g/mol. The van der Waals surface area contributed by atoms with Crippen molar-refractivity contribution in [2.24, 2.45) is 5.16 Å². The van der Waals surface area contributed by atoms with Crippen LogP contribution in [0.5, 0.6) is 0 Å². The van der Waals surface area contributed by atoms with Gasteiger partial charge in [-0.1, -0.05) is 11.7 Å². The van der Waals surface area contributed by atoms with Crippen molar-refractivity contribution in [1.82, 2.24) is 15.2 Å². The Bertz CT molecular complexity index is 898. The van der Waals surface area contributed by atoms with Crippen LogP contribution in [-0.4, -0.2) is 75.5 Å². The molecule has 168 valence electrons. The van der Waals surface area contributed by atoms with Crippen molar-refractivity contribution in [3.63, 3.8) is 0 Å². The standard InChI is InChI=1S/C18H23N5O6S2/c1-9(17(26)27)23-15(25)13(16(23)30-7-5-10-4-3-6-29-10)21-14(24)12(22-28-2)11-8-31-18(19)20-11/h8,10,13,16H,1,3-7H2,2H3,(H2,19,20)(H,21,24)(H,26,27)/b22-12-/t10-,13+,16+/m0/s1. The van der Waals surface area contributed by atoms with E-state index < -0.39 is 29.2 Å². The molecule has 4 N–H and O–H groups in total. The molecule has 0 unspecified atom stereocenters. The molecule has 2 aliphatic heterocycles. The third-order valence-corrected chi connectivity index (χ3v) is 6.75. The van der Waals surface area contributed by atoms with Gasteiger partial charge in [-0.05, 0) is 25.0 Å². The molecule has 0 bridgehead atoms. The van der Waals surface area contributed by atoms with Crippen LogP contribution in [0.3, 0.4) is 0 Å². The Morgan fingerprint density at radius 2 is 2.35 bits per heavy atom. The molecule has 2 aliphatic rings. The molecule has 31 heavy (non-hydrogen) atoms. The molecule has 2 amide bonds. The summed E-state index contributed by atoms with van der Waals surface area (Å²) in [6.07, 6.45) is 2.91. The number of nitrogens with two attached hydrogens (primary N) is 1. The van der Waals surface area contributed by atoms with Gasteiger partial charge in [0.1, 0.15) is 29.9 Å². The van der Waals surface area contributed by atoms with Crippen LogP contribution in [0.4, 0.5) is 5.13 Å². The van der Waals surface area contributed by atoms with Crippen molar-refractivity contribution in [3.05, 3.63) is 23.3 Å². The zero-order valence-electron chi connectivity index (χ0n) is 16.8. The summed E-state index contributed by atoms with van der Waals surface area (Å²) in [4.78, 5) is 46.6. The third kappa shape index (κ3) is 5.17. The maximum Gasteiger partial charge on any atom is 0.352 e. The molecule has 0 spiro atoms. The number of carboxylic acids is 1. The van der Waals surface area contributed by atoms with E-state index >= 15 is 0 Å². The number of oxime groups is 1. The molecule has 0 aliphatic carbocycles. The van der Waals surface area contributed by atoms with Crippen LogP contribution in [0.25, 0.3) is 0 Å². The summed E-state index contributed by atoms with van der Waals surface area (Å²) in [6.45, 7) is 4.22. The lowest BCUT2D eigenvalue weighted by molar-refractivity contribution is -0.149. The maximum atomic E-state index is 12.8. The molecule has 3 heterocycles. The summed E-state index contributed by atoms with van der Waals surface area (Å²) in [5, 5.41) is 16.7. The first-order chi connectivity index (χ1) is 14.8. The average Bonchev–Trinajstić information content (AvgIpc) is 3.40. The van der Waals surface area contributed by atoms with Crippen molar-refractivity contribution in [2.45, 2.75) is 36.8 Å². The molecule has 0 radical (unpaired) electrons. The number of nitrogens with one attached hydrogen (secondary N) is 1. The van der Waals surface area contributed by atoms with E-state index in [0.29, 0.717) is 5.75 Å². The maximum absolute atomic E-state index is 12.8. The Kier molecular flexibility index (Phi) is 7.51. The largest absolute Gasteiger partial charge is 0.477 e. The van der Waals surface area contributed by atoms with Crippen molar-refractivity contribution in [1.29, 1.82) is 0 Å². The Morgan fingerprint density at radius 1 is 1.58 bits per heavy atom. The van der Waals surface area contributed by atoms with Crippen LogP contribution in [0.2, 0.25) is 0 Å². The first kappa shape index (κ1) is 23.0. The summed E-state index contributed by atoms with van der Waals surface area (Å²) in [6, 6.07) is -0.948. The van der Waals surface area contributed by atoms with Gasteiger partial charge in [-0.2, -0.15) is 0 Å². The van der Waals surface area contributed by atoms with E-state index in [-0.39, 0.29) is 28.3 Å². The smallest absolute Gasteiger partial charge is 0.352 e. The lowest BCUT2D eigenvalue weighted by Crippen LogP contribution is -2.69. The molecule has 2 fully saturated rings. The number of thioether (sulfide) groups is 1. The number of β-lactam (4-membered cyclic amide) rings is 1. The summed E-state index contributed by atoms with van der Waals surface area (Å²) < 4.78 is 5.60. The lowest BCUT2D eigenvalue weighted by atomic mass is 10.1. The van der Waals surface area contributed by atoms with Gasteiger partial charge in [0.05, 0.1) is 6.10 Å². The second-order valence-corrected chi connectivity index (χ2v) is 8.90. The first-order valence-corrected chi connectivity index (χ1v) is 11.4. The fourth-order valence-electron chi connectivity index (χ4n) is 3.25. The number of nitrogens with zero attached hydrogens (tertiary/aromatic N) is 3. The number of carbonyl (C=O) groups is 3. The van der Waals surface area contributed by atoms with E-state index in [1.54, 1.807) is 5.38 Å². The van der Waals surface area contributed by atoms with Gasteiger partial charge in [0.2, 0.25) is 0 Å². The number of hydrogen-bond acceptors (Lipinski definition) is 10. The fourth-order valence-corrected chi connectivity index (χ4v) is 5.20. The number of thiazole rings is 1. The summed E-state index contributed by atoms with van der Waals surface area (Å²) in [7, 11) is 1.28. The molecular weight excluding hydrogens is 446 g/mol. The van der Waals surface area contributed by atoms with Crippen LogP contribution in [0.15, 0.2) is 22.8 Å². The zero-order valence-corrected chi connectivity index (χ0v) is 18.4. The van der Waals surface area contributed by atoms with Gasteiger partial charge in [-0.15, -0.1) is 23.1 Å². The van der Waals surface area contributed by atoms with E-state index in [0.717, 1.165) is 42.1 Å². The normalized spacial score (nSPS) is 23.4. The van der Waals surface area contributed by atoms with Crippen molar-refractivity contribution in [3.8, 4) is 0 Å². The van der Waals surface area contributed by atoms with E-state index in [1.165, 1.54) is 18.9 Å². The van der Waals surface area contributed by atoms with Gasteiger partial charge in [-0.3, -0.25) is 14.5 Å². The molecule has 3 rings (SSSR count). The van der Waals surface area contributed by atoms with E-state index in [1.807, 2.05) is 0 Å².